The molecule has 2 heterocycles. The quantitative estimate of drug-likeness (QED) is 0.823. The Morgan fingerprint density at radius 3 is 2.59 bits per heavy atom. The summed E-state index contributed by atoms with van der Waals surface area (Å²) >= 11 is 0. The lowest BCUT2D eigenvalue weighted by Crippen LogP contribution is -2.44. The number of hydrogen-bond acceptors (Lipinski definition) is 3. The number of likely N-dealkylation sites (N-methyl/N-ethyl adjacent to an activating group) is 1. The van der Waals surface area contributed by atoms with Crippen LogP contribution in [0.2, 0.25) is 0 Å². The first-order chi connectivity index (χ1) is 14.1. The van der Waals surface area contributed by atoms with Gasteiger partial charge >= 0.3 is 0 Å². The molecule has 0 radical (unpaired) electrons. The van der Waals surface area contributed by atoms with Gasteiger partial charge in [-0.2, -0.15) is 0 Å². The van der Waals surface area contributed by atoms with Gasteiger partial charge in [-0.1, -0.05) is 38.3 Å². The van der Waals surface area contributed by atoms with Crippen molar-refractivity contribution >= 4 is 16.5 Å². The van der Waals surface area contributed by atoms with Crippen molar-refractivity contribution < 1.29 is 0 Å². The zero-order valence-electron chi connectivity index (χ0n) is 18.0. The predicted octanol–water partition coefficient (Wildman–Crippen LogP) is 4.30. The maximum Gasteiger partial charge on any atom is 0.251 e. The van der Waals surface area contributed by atoms with Crippen molar-refractivity contribution in [1.82, 2.24) is 14.8 Å². The van der Waals surface area contributed by atoms with E-state index in [-0.39, 0.29) is 5.56 Å². The SMILES string of the molecule is CCc1cc2cc(/C(=C\CN3CCN(C)CC3)C3CCCCC3)ccc2[nH]c1=O. The van der Waals surface area contributed by atoms with Crippen molar-refractivity contribution in [3.8, 4) is 0 Å². The maximum atomic E-state index is 12.2. The van der Waals surface area contributed by atoms with Crippen LogP contribution in [0.3, 0.4) is 0 Å². The van der Waals surface area contributed by atoms with Crippen LogP contribution in [-0.2, 0) is 6.42 Å². The van der Waals surface area contributed by atoms with Crippen molar-refractivity contribution in [2.45, 2.75) is 45.4 Å². The smallest absolute Gasteiger partial charge is 0.251 e. The lowest BCUT2D eigenvalue weighted by atomic mass is 9.80. The minimum Gasteiger partial charge on any atom is -0.322 e. The average Bonchev–Trinajstić information content (AvgIpc) is 2.75. The highest BCUT2D eigenvalue weighted by Gasteiger charge is 2.20. The molecule has 1 aromatic heterocycles. The van der Waals surface area contributed by atoms with Gasteiger partial charge in [0, 0.05) is 43.8 Å². The summed E-state index contributed by atoms with van der Waals surface area (Å²) in [5.74, 6) is 0.669. The molecular weight excluding hydrogens is 358 g/mol. The fraction of sp³-hybridized carbons (Fsp3) is 0.560. The number of benzene rings is 1. The second kappa shape index (κ2) is 9.27. The van der Waals surface area contributed by atoms with Crippen molar-refractivity contribution in [2.24, 2.45) is 5.92 Å². The Bertz CT molecular complexity index is 915. The first kappa shape index (κ1) is 20.4. The third-order valence-electron chi connectivity index (χ3n) is 6.85. The van der Waals surface area contributed by atoms with Crippen LogP contribution in [0.4, 0.5) is 0 Å². The topological polar surface area (TPSA) is 39.3 Å². The molecule has 1 aliphatic carbocycles. The van der Waals surface area contributed by atoms with Gasteiger partial charge in [-0.15, -0.1) is 0 Å². The largest absolute Gasteiger partial charge is 0.322 e. The molecule has 1 aromatic carbocycles. The summed E-state index contributed by atoms with van der Waals surface area (Å²) in [7, 11) is 2.21. The van der Waals surface area contributed by atoms with E-state index in [0.717, 1.165) is 55.6 Å². The number of aryl methyl sites for hydroxylation is 1. The summed E-state index contributed by atoms with van der Waals surface area (Å²) in [6.07, 6.45) is 9.95. The van der Waals surface area contributed by atoms with E-state index in [9.17, 15) is 4.79 Å². The summed E-state index contributed by atoms with van der Waals surface area (Å²) in [6, 6.07) is 8.69. The van der Waals surface area contributed by atoms with E-state index in [4.69, 9.17) is 0 Å². The van der Waals surface area contributed by atoms with Gasteiger partial charge in [-0.25, -0.2) is 0 Å². The summed E-state index contributed by atoms with van der Waals surface area (Å²) in [4.78, 5) is 20.2. The Morgan fingerprint density at radius 2 is 1.86 bits per heavy atom. The first-order valence-electron chi connectivity index (χ1n) is 11.4. The Kier molecular flexibility index (Phi) is 6.51. The van der Waals surface area contributed by atoms with Gasteiger partial charge in [0.1, 0.15) is 0 Å². The average molecular weight is 394 g/mol. The van der Waals surface area contributed by atoms with Crippen LogP contribution in [0.1, 0.15) is 50.2 Å². The van der Waals surface area contributed by atoms with E-state index in [0.29, 0.717) is 5.92 Å². The van der Waals surface area contributed by atoms with Crippen LogP contribution in [0.15, 0.2) is 35.1 Å². The molecule has 29 heavy (non-hydrogen) atoms. The van der Waals surface area contributed by atoms with Gasteiger partial charge in [0.25, 0.3) is 5.56 Å². The van der Waals surface area contributed by atoms with E-state index in [1.54, 1.807) is 0 Å². The zero-order chi connectivity index (χ0) is 20.2. The highest BCUT2D eigenvalue weighted by molar-refractivity contribution is 5.84. The van der Waals surface area contributed by atoms with Gasteiger partial charge in [-0.05, 0) is 66.9 Å². The molecule has 0 bridgehead atoms. The van der Waals surface area contributed by atoms with Crippen LogP contribution in [0, 0.1) is 5.92 Å². The number of allylic oxidation sites excluding steroid dienone is 1. The molecule has 1 saturated carbocycles. The monoisotopic (exact) mass is 393 g/mol. The van der Waals surface area contributed by atoms with Crippen molar-refractivity contribution in [2.75, 3.05) is 39.8 Å². The molecule has 1 N–H and O–H groups in total. The molecule has 2 aliphatic rings. The molecule has 0 atom stereocenters. The number of piperazine rings is 1. The molecule has 1 aliphatic heterocycles. The van der Waals surface area contributed by atoms with Gasteiger partial charge in [0.15, 0.2) is 0 Å². The van der Waals surface area contributed by atoms with Gasteiger partial charge in [0.2, 0.25) is 0 Å². The van der Waals surface area contributed by atoms with E-state index < -0.39 is 0 Å². The molecular formula is C25H35N3O. The molecule has 0 unspecified atom stereocenters. The number of H-pyrrole nitrogens is 1. The number of nitrogens with one attached hydrogen (secondary N) is 1. The standard InChI is InChI=1S/C25H35N3O/c1-3-19-17-22-18-21(9-10-24(22)26-25(19)29)23(20-7-5-4-6-8-20)11-12-28-15-13-27(2)14-16-28/h9-11,17-18,20H,3-8,12-16H2,1-2H3,(H,26,29)/b23-11-. The molecule has 4 heteroatoms. The van der Waals surface area contributed by atoms with Crippen molar-refractivity contribution in [1.29, 1.82) is 0 Å². The fourth-order valence-corrected chi connectivity index (χ4v) is 4.89. The second-order valence-corrected chi connectivity index (χ2v) is 8.88. The molecule has 156 valence electrons. The Labute approximate surface area is 174 Å². The number of hydrogen-bond donors (Lipinski definition) is 1. The normalized spacial score (nSPS) is 20.4. The van der Waals surface area contributed by atoms with Crippen LogP contribution < -0.4 is 5.56 Å². The Morgan fingerprint density at radius 1 is 1.10 bits per heavy atom. The fourth-order valence-electron chi connectivity index (χ4n) is 4.89. The van der Waals surface area contributed by atoms with Gasteiger partial charge < -0.3 is 9.88 Å². The third-order valence-corrected chi connectivity index (χ3v) is 6.85. The number of aromatic nitrogens is 1. The lowest BCUT2D eigenvalue weighted by Gasteiger charge is -2.32. The first-order valence-corrected chi connectivity index (χ1v) is 11.4. The number of rotatable bonds is 5. The number of nitrogens with zero attached hydrogens (tertiary/aromatic N) is 2. The summed E-state index contributed by atoms with van der Waals surface area (Å²) in [5, 5.41) is 1.15. The van der Waals surface area contributed by atoms with E-state index in [1.807, 2.05) is 6.92 Å². The number of fused-ring (bicyclic) bond motifs is 1. The van der Waals surface area contributed by atoms with Crippen molar-refractivity contribution in [3.63, 3.8) is 0 Å². The van der Waals surface area contributed by atoms with E-state index in [1.165, 1.54) is 43.2 Å². The highest BCUT2D eigenvalue weighted by Crippen LogP contribution is 2.36. The summed E-state index contributed by atoms with van der Waals surface area (Å²) < 4.78 is 0. The van der Waals surface area contributed by atoms with Crippen LogP contribution in [0.25, 0.3) is 16.5 Å². The molecule has 2 fully saturated rings. The molecule has 0 amide bonds. The van der Waals surface area contributed by atoms with E-state index >= 15 is 0 Å². The number of aromatic amines is 1. The van der Waals surface area contributed by atoms with Gasteiger partial charge in [-0.3, -0.25) is 9.69 Å². The molecule has 4 rings (SSSR count). The summed E-state index contributed by atoms with van der Waals surface area (Å²) in [5.41, 5.74) is 4.72. The minimum absolute atomic E-state index is 0.0471. The van der Waals surface area contributed by atoms with E-state index in [2.05, 4.69) is 52.2 Å². The Hall–Kier alpha value is -1.91. The zero-order valence-corrected chi connectivity index (χ0v) is 18.0. The molecule has 4 nitrogen and oxygen atoms in total. The second-order valence-electron chi connectivity index (χ2n) is 8.88. The number of pyridine rings is 1. The van der Waals surface area contributed by atoms with Crippen LogP contribution in [0.5, 0.6) is 0 Å². The molecule has 1 saturated heterocycles. The van der Waals surface area contributed by atoms with Crippen molar-refractivity contribution in [3.05, 3.63) is 51.8 Å². The molecule has 0 spiro atoms. The van der Waals surface area contributed by atoms with Crippen LogP contribution >= 0.6 is 0 Å². The lowest BCUT2D eigenvalue weighted by molar-refractivity contribution is 0.166. The maximum absolute atomic E-state index is 12.2. The summed E-state index contributed by atoms with van der Waals surface area (Å²) in [6.45, 7) is 7.73. The predicted molar refractivity (Wildman–Crippen MR) is 122 cm³/mol. The minimum atomic E-state index is 0.0471. The van der Waals surface area contributed by atoms with Gasteiger partial charge in [0.05, 0.1) is 0 Å². The van der Waals surface area contributed by atoms with Crippen LogP contribution in [-0.4, -0.2) is 54.6 Å². The third kappa shape index (κ3) is 4.81. The highest BCUT2D eigenvalue weighted by atomic mass is 16.1. The Balaban J connectivity index is 1.65. The molecule has 2 aromatic rings.